The molecule has 10 heteroatoms. The van der Waals surface area contributed by atoms with Gasteiger partial charge in [-0.05, 0) is 38.0 Å². The summed E-state index contributed by atoms with van der Waals surface area (Å²) in [6.45, 7) is 2.57. The summed E-state index contributed by atoms with van der Waals surface area (Å²) in [6.07, 6.45) is 4.35. The van der Waals surface area contributed by atoms with Gasteiger partial charge in [-0.25, -0.2) is 18.5 Å². The molecule has 1 saturated carbocycles. The minimum Gasteiger partial charge on any atom is -0.337 e. The molecule has 0 bridgehead atoms. The number of carbonyl (C=O) groups excluding carboxylic acids is 1. The lowest BCUT2D eigenvalue weighted by Gasteiger charge is -2.31. The standard InChI is InChI=1S/C18H23N5O3S2/c1-2-23-15-7-6-13(28(20,25)26)10-14(15)21-17(23)27-11-16(24)22-18(12-19)8-4-3-5-9-18/h6-7,10H,2-5,8-9,11H2,1H3,(H,22,24)(H2,20,25,26). The van der Waals surface area contributed by atoms with Crippen LogP contribution < -0.4 is 10.5 Å². The average molecular weight is 422 g/mol. The summed E-state index contributed by atoms with van der Waals surface area (Å²) in [5.74, 6) is -0.0668. The summed E-state index contributed by atoms with van der Waals surface area (Å²) < 4.78 is 25.0. The molecule has 3 N–H and O–H groups in total. The summed E-state index contributed by atoms with van der Waals surface area (Å²) in [7, 11) is -3.81. The van der Waals surface area contributed by atoms with Crippen LogP contribution in [-0.2, 0) is 21.4 Å². The van der Waals surface area contributed by atoms with Gasteiger partial charge in [-0.1, -0.05) is 31.0 Å². The molecule has 0 unspecified atom stereocenters. The number of hydrogen-bond donors (Lipinski definition) is 2. The van der Waals surface area contributed by atoms with Crippen LogP contribution in [0.1, 0.15) is 39.0 Å². The van der Waals surface area contributed by atoms with Crippen molar-refractivity contribution in [2.75, 3.05) is 5.75 Å². The van der Waals surface area contributed by atoms with E-state index in [4.69, 9.17) is 5.14 Å². The van der Waals surface area contributed by atoms with Gasteiger partial charge in [0.2, 0.25) is 15.9 Å². The maximum atomic E-state index is 12.4. The number of carbonyl (C=O) groups is 1. The number of imidazole rings is 1. The Morgan fingerprint density at radius 3 is 2.71 bits per heavy atom. The molecule has 0 atom stereocenters. The molecule has 1 fully saturated rings. The van der Waals surface area contributed by atoms with E-state index in [1.165, 1.54) is 23.9 Å². The number of thioether (sulfide) groups is 1. The number of nitrogens with one attached hydrogen (secondary N) is 1. The Kier molecular flexibility index (Phi) is 5.98. The van der Waals surface area contributed by atoms with Crippen LogP contribution in [0.2, 0.25) is 0 Å². The van der Waals surface area contributed by atoms with E-state index in [1.54, 1.807) is 6.07 Å². The summed E-state index contributed by atoms with van der Waals surface area (Å²) in [5.41, 5.74) is 0.529. The number of amides is 1. The van der Waals surface area contributed by atoms with Gasteiger partial charge in [-0.2, -0.15) is 5.26 Å². The molecule has 2 aromatic rings. The number of benzene rings is 1. The maximum absolute atomic E-state index is 12.4. The van der Waals surface area contributed by atoms with Crippen LogP contribution in [0.15, 0.2) is 28.3 Å². The number of nitriles is 1. The molecular weight excluding hydrogens is 398 g/mol. The predicted octanol–water partition coefficient (Wildman–Crippen LogP) is 2.14. The molecule has 1 aliphatic carbocycles. The van der Waals surface area contributed by atoms with E-state index in [9.17, 15) is 18.5 Å². The quantitative estimate of drug-likeness (QED) is 0.687. The molecule has 1 aliphatic rings. The number of rotatable bonds is 6. The van der Waals surface area contributed by atoms with E-state index < -0.39 is 15.6 Å². The van der Waals surface area contributed by atoms with Crippen molar-refractivity contribution >= 4 is 38.7 Å². The van der Waals surface area contributed by atoms with Gasteiger partial charge in [0.15, 0.2) is 5.16 Å². The third-order valence-electron chi connectivity index (χ3n) is 4.96. The summed E-state index contributed by atoms with van der Waals surface area (Å²) in [6, 6.07) is 6.84. The Balaban J connectivity index is 1.76. The van der Waals surface area contributed by atoms with Crippen molar-refractivity contribution in [1.82, 2.24) is 14.9 Å². The first kappa shape index (κ1) is 20.6. The molecule has 3 rings (SSSR count). The van der Waals surface area contributed by atoms with Gasteiger partial charge in [0.1, 0.15) is 5.54 Å². The van der Waals surface area contributed by atoms with Crippen molar-refractivity contribution in [2.24, 2.45) is 5.14 Å². The molecular formula is C18H23N5O3S2. The van der Waals surface area contributed by atoms with Crippen LogP contribution in [-0.4, -0.2) is 35.2 Å². The van der Waals surface area contributed by atoms with Crippen LogP contribution in [0.25, 0.3) is 11.0 Å². The summed E-state index contributed by atoms with van der Waals surface area (Å²) >= 11 is 1.27. The highest BCUT2D eigenvalue weighted by Crippen LogP contribution is 2.29. The fraction of sp³-hybridized carbons (Fsp3) is 0.500. The van der Waals surface area contributed by atoms with Gasteiger partial charge < -0.3 is 9.88 Å². The number of sulfonamides is 1. The number of nitrogens with zero attached hydrogens (tertiary/aromatic N) is 3. The Hall–Kier alpha value is -2.09. The van der Waals surface area contributed by atoms with Crippen molar-refractivity contribution in [3.63, 3.8) is 0 Å². The van der Waals surface area contributed by atoms with Gasteiger partial charge in [0.25, 0.3) is 0 Å². The highest BCUT2D eigenvalue weighted by molar-refractivity contribution is 7.99. The second kappa shape index (κ2) is 8.11. The number of aryl methyl sites for hydroxylation is 1. The van der Waals surface area contributed by atoms with Gasteiger partial charge in [0.05, 0.1) is 27.8 Å². The predicted molar refractivity (Wildman–Crippen MR) is 107 cm³/mol. The van der Waals surface area contributed by atoms with E-state index in [-0.39, 0.29) is 16.6 Å². The molecule has 150 valence electrons. The Morgan fingerprint density at radius 1 is 1.39 bits per heavy atom. The van der Waals surface area contributed by atoms with Crippen molar-refractivity contribution in [1.29, 1.82) is 5.26 Å². The second-order valence-corrected chi connectivity index (χ2v) is 9.43. The van der Waals surface area contributed by atoms with Gasteiger partial charge >= 0.3 is 0 Å². The molecule has 1 amide bonds. The second-order valence-electron chi connectivity index (χ2n) is 6.93. The normalized spacial score (nSPS) is 16.6. The van der Waals surface area contributed by atoms with Crippen LogP contribution in [0, 0.1) is 11.3 Å². The first-order valence-corrected chi connectivity index (χ1v) is 11.7. The van der Waals surface area contributed by atoms with Crippen LogP contribution in [0.3, 0.4) is 0 Å². The smallest absolute Gasteiger partial charge is 0.238 e. The lowest BCUT2D eigenvalue weighted by molar-refractivity contribution is -0.120. The fourth-order valence-corrected chi connectivity index (χ4v) is 4.95. The Bertz CT molecular complexity index is 1030. The van der Waals surface area contributed by atoms with Gasteiger partial charge in [-0.3, -0.25) is 4.79 Å². The molecule has 0 radical (unpaired) electrons. The molecule has 1 aromatic carbocycles. The SMILES string of the molecule is CCn1c(SCC(=O)NC2(C#N)CCCCC2)nc2cc(S(N)(=O)=O)ccc21. The van der Waals surface area contributed by atoms with Crippen LogP contribution >= 0.6 is 11.8 Å². The molecule has 0 spiro atoms. The first-order valence-electron chi connectivity index (χ1n) is 9.16. The fourth-order valence-electron chi connectivity index (χ4n) is 3.53. The van der Waals surface area contributed by atoms with Crippen LogP contribution in [0.4, 0.5) is 0 Å². The van der Waals surface area contributed by atoms with Crippen LogP contribution in [0.5, 0.6) is 0 Å². The molecule has 0 saturated heterocycles. The zero-order chi connectivity index (χ0) is 20.4. The lowest BCUT2D eigenvalue weighted by Crippen LogP contribution is -2.49. The van der Waals surface area contributed by atoms with E-state index >= 15 is 0 Å². The summed E-state index contributed by atoms with van der Waals surface area (Å²) in [4.78, 5) is 16.9. The van der Waals surface area contributed by atoms with Gasteiger partial charge in [-0.15, -0.1) is 0 Å². The maximum Gasteiger partial charge on any atom is 0.238 e. The van der Waals surface area contributed by atoms with E-state index in [0.29, 0.717) is 30.1 Å². The third-order valence-corrected chi connectivity index (χ3v) is 6.85. The number of primary sulfonamides is 1. The zero-order valence-electron chi connectivity index (χ0n) is 15.6. The molecule has 8 nitrogen and oxygen atoms in total. The summed E-state index contributed by atoms with van der Waals surface area (Å²) in [5, 5.41) is 18.2. The topological polar surface area (TPSA) is 131 Å². The minimum absolute atomic E-state index is 0.00306. The first-order chi connectivity index (χ1) is 13.3. The third kappa shape index (κ3) is 4.32. The molecule has 0 aliphatic heterocycles. The molecule has 1 aromatic heterocycles. The van der Waals surface area contributed by atoms with Crippen molar-refractivity contribution in [3.05, 3.63) is 18.2 Å². The number of fused-ring (bicyclic) bond motifs is 1. The number of aromatic nitrogens is 2. The van der Waals surface area contributed by atoms with Crippen molar-refractivity contribution in [2.45, 2.75) is 61.2 Å². The number of nitrogens with two attached hydrogens (primary N) is 1. The number of hydrogen-bond acceptors (Lipinski definition) is 6. The zero-order valence-corrected chi connectivity index (χ0v) is 17.3. The van der Waals surface area contributed by atoms with E-state index in [0.717, 1.165) is 24.8 Å². The highest BCUT2D eigenvalue weighted by atomic mass is 32.2. The average Bonchev–Trinajstić information content (AvgIpc) is 3.03. The molecule has 1 heterocycles. The minimum atomic E-state index is -3.81. The monoisotopic (exact) mass is 421 g/mol. The lowest BCUT2D eigenvalue weighted by atomic mass is 9.83. The Morgan fingerprint density at radius 2 is 2.11 bits per heavy atom. The van der Waals surface area contributed by atoms with E-state index in [1.807, 2.05) is 11.5 Å². The van der Waals surface area contributed by atoms with Gasteiger partial charge in [0, 0.05) is 6.54 Å². The Labute approximate surface area is 168 Å². The van der Waals surface area contributed by atoms with Crippen molar-refractivity contribution in [3.8, 4) is 6.07 Å². The van der Waals surface area contributed by atoms with Crippen molar-refractivity contribution < 1.29 is 13.2 Å². The highest BCUT2D eigenvalue weighted by Gasteiger charge is 2.33. The van der Waals surface area contributed by atoms with E-state index in [2.05, 4.69) is 16.4 Å². The largest absolute Gasteiger partial charge is 0.337 e. The molecule has 28 heavy (non-hydrogen) atoms.